The van der Waals surface area contributed by atoms with E-state index in [0.29, 0.717) is 6.54 Å². The summed E-state index contributed by atoms with van der Waals surface area (Å²) in [5, 5.41) is 6.43. The van der Waals surface area contributed by atoms with Gasteiger partial charge in [-0.25, -0.2) is 9.78 Å². The van der Waals surface area contributed by atoms with Crippen LogP contribution >= 0.6 is 11.3 Å². The van der Waals surface area contributed by atoms with E-state index in [0.717, 1.165) is 37.4 Å². The van der Waals surface area contributed by atoms with Gasteiger partial charge in [-0.1, -0.05) is 6.42 Å². The summed E-state index contributed by atoms with van der Waals surface area (Å²) in [6.07, 6.45) is 8.18. The van der Waals surface area contributed by atoms with E-state index in [2.05, 4.69) is 15.6 Å². The predicted octanol–water partition coefficient (Wildman–Crippen LogP) is 2.71. The minimum absolute atomic E-state index is 0.175. The summed E-state index contributed by atoms with van der Waals surface area (Å²) in [5.74, 6) is 0. The first-order valence-electron chi connectivity index (χ1n) is 7.46. The maximum Gasteiger partial charge on any atom is 0.321 e. The highest BCUT2D eigenvalue weighted by atomic mass is 32.1. The lowest BCUT2D eigenvalue weighted by Gasteiger charge is -2.10. The number of nitrogens with one attached hydrogen (secondary N) is 2. The number of hydrogen-bond acceptors (Lipinski definition) is 4. The van der Waals surface area contributed by atoms with Crippen LogP contribution < -0.4 is 10.6 Å². The molecule has 20 heavy (non-hydrogen) atoms. The third-order valence-electron chi connectivity index (χ3n) is 3.83. The number of ether oxygens (including phenoxy) is 1. The van der Waals surface area contributed by atoms with Crippen molar-refractivity contribution in [1.82, 2.24) is 10.3 Å². The third-order valence-corrected chi connectivity index (χ3v) is 4.90. The molecule has 0 saturated carbocycles. The molecule has 1 aliphatic heterocycles. The number of hydrogen-bond donors (Lipinski definition) is 2. The lowest BCUT2D eigenvalue weighted by atomic mass is 10.2. The van der Waals surface area contributed by atoms with Crippen LogP contribution in [-0.4, -0.2) is 30.3 Å². The van der Waals surface area contributed by atoms with Crippen LogP contribution in [0.5, 0.6) is 0 Å². The van der Waals surface area contributed by atoms with Gasteiger partial charge in [-0.3, -0.25) is 5.32 Å². The fourth-order valence-electron chi connectivity index (χ4n) is 2.74. The SMILES string of the molecule is O=C(NCC1CCCO1)Nc1nc2c(s1)CCCCC2. The van der Waals surface area contributed by atoms with Crippen molar-refractivity contribution in [3.63, 3.8) is 0 Å². The zero-order valence-corrected chi connectivity index (χ0v) is 12.4. The quantitative estimate of drug-likeness (QED) is 0.843. The van der Waals surface area contributed by atoms with Gasteiger partial charge in [0.15, 0.2) is 5.13 Å². The Hall–Kier alpha value is -1.14. The first kappa shape index (κ1) is 13.8. The van der Waals surface area contributed by atoms with Crippen molar-refractivity contribution in [3.05, 3.63) is 10.6 Å². The second-order valence-electron chi connectivity index (χ2n) is 5.42. The zero-order chi connectivity index (χ0) is 13.8. The Balaban J connectivity index is 1.50. The zero-order valence-electron chi connectivity index (χ0n) is 11.6. The molecule has 2 amide bonds. The number of carbonyl (C=O) groups is 1. The number of fused-ring (bicyclic) bond motifs is 1. The van der Waals surface area contributed by atoms with E-state index in [1.807, 2.05) is 0 Å². The van der Waals surface area contributed by atoms with Gasteiger partial charge in [0.25, 0.3) is 0 Å². The number of urea groups is 1. The van der Waals surface area contributed by atoms with Gasteiger partial charge in [0.1, 0.15) is 0 Å². The van der Waals surface area contributed by atoms with Crippen molar-refractivity contribution >= 4 is 22.5 Å². The summed E-state index contributed by atoms with van der Waals surface area (Å²) < 4.78 is 5.48. The van der Waals surface area contributed by atoms with Gasteiger partial charge in [0.05, 0.1) is 11.8 Å². The van der Waals surface area contributed by atoms with Crippen LogP contribution in [0.25, 0.3) is 0 Å². The fourth-order valence-corrected chi connectivity index (χ4v) is 3.78. The van der Waals surface area contributed by atoms with Gasteiger partial charge in [-0.05, 0) is 38.5 Å². The van der Waals surface area contributed by atoms with Gasteiger partial charge >= 0.3 is 6.03 Å². The molecule has 0 spiro atoms. The summed E-state index contributed by atoms with van der Waals surface area (Å²) in [6.45, 7) is 1.39. The number of thiazole rings is 1. The topological polar surface area (TPSA) is 63.2 Å². The van der Waals surface area contributed by atoms with Crippen LogP contribution in [0.4, 0.5) is 9.93 Å². The van der Waals surface area contributed by atoms with E-state index in [9.17, 15) is 4.79 Å². The molecule has 0 radical (unpaired) electrons. The van der Waals surface area contributed by atoms with Gasteiger partial charge in [-0.2, -0.15) is 0 Å². The van der Waals surface area contributed by atoms with Crippen molar-refractivity contribution in [2.24, 2.45) is 0 Å². The second-order valence-corrected chi connectivity index (χ2v) is 6.50. The molecule has 110 valence electrons. The Kier molecular flexibility index (Phi) is 4.52. The molecule has 5 nitrogen and oxygen atoms in total. The normalized spacial score (nSPS) is 22.1. The van der Waals surface area contributed by atoms with Crippen molar-refractivity contribution < 1.29 is 9.53 Å². The van der Waals surface area contributed by atoms with Crippen molar-refractivity contribution in [3.8, 4) is 0 Å². The van der Waals surface area contributed by atoms with E-state index in [-0.39, 0.29) is 12.1 Å². The van der Waals surface area contributed by atoms with Gasteiger partial charge in [-0.15, -0.1) is 11.3 Å². The molecule has 1 unspecified atom stereocenters. The average molecular weight is 295 g/mol. The molecule has 2 heterocycles. The Labute approximate surface area is 123 Å². The van der Waals surface area contributed by atoms with Crippen LogP contribution in [0, 0.1) is 0 Å². The van der Waals surface area contributed by atoms with Gasteiger partial charge in [0.2, 0.25) is 0 Å². The van der Waals surface area contributed by atoms with Crippen molar-refractivity contribution in [2.75, 3.05) is 18.5 Å². The van der Waals surface area contributed by atoms with Crippen molar-refractivity contribution in [2.45, 2.75) is 51.0 Å². The van der Waals surface area contributed by atoms with E-state index >= 15 is 0 Å². The number of amides is 2. The van der Waals surface area contributed by atoms with Crippen LogP contribution in [0.15, 0.2) is 0 Å². The third kappa shape index (κ3) is 3.49. The number of aryl methyl sites for hydroxylation is 2. The number of nitrogens with zero attached hydrogens (tertiary/aromatic N) is 1. The lowest BCUT2D eigenvalue weighted by molar-refractivity contribution is 0.112. The second kappa shape index (κ2) is 6.54. The van der Waals surface area contributed by atoms with Crippen molar-refractivity contribution in [1.29, 1.82) is 0 Å². The molecule has 6 heteroatoms. The van der Waals surface area contributed by atoms with Crippen LogP contribution in [0.3, 0.4) is 0 Å². The first-order chi connectivity index (χ1) is 9.81. The monoisotopic (exact) mass is 295 g/mol. The van der Waals surface area contributed by atoms with Gasteiger partial charge in [0, 0.05) is 18.0 Å². The van der Waals surface area contributed by atoms with E-state index in [4.69, 9.17) is 4.74 Å². The summed E-state index contributed by atoms with van der Waals surface area (Å²) in [4.78, 5) is 17.7. The smallest absolute Gasteiger partial charge is 0.321 e. The highest BCUT2D eigenvalue weighted by Crippen LogP contribution is 2.28. The highest BCUT2D eigenvalue weighted by molar-refractivity contribution is 7.15. The summed E-state index contributed by atoms with van der Waals surface area (Å²) >= 11 is 1.62. The number of aromatic nitrogens is 1. The molecule has 1 saturated heterocycles. The standard InChI is InChI=1S/C14H21N3O2S/c18-13(15-9-10-5-4-8-19-10)17-14-16-11-6-2-1-3-7-12(11)20-14/h10H,1-9H2,(H2,15,16,17,18). The summed E-state index contributed by atoms with van der Waals surface area (Å²) in [7, 11) is 0. The molecule has 0 bridgehead atoms. The fraction of sp³-hybridized carbons (Fsp3) is 0.714. The molecule has 1 aromatic heterocycles. The minimum Gasteiger partial charge on any atom is -0.376 e. The molecule has 1 aromatic rings. The molecule has 1 aliphatic carbocycles. The molecule has 1 atom stereocenters. The number of carbonyl (C=O) groups excluding carboxylic acids is 1. The minimum atomic E-state index is -0.176. The maximum absolute atomic E-state index is 11.8. The molecule has 0 aromatic carbocycles. The molecule has 2 aliphatic rings. The molecule has 2 N–H and O–H groups in total. The van der Waals surface area contributed by atoms with Gasteiger partial charge < -0.3 is 10.1 Å². The Morgan fingerprint density at radius 2 is 2.20 bits per heavy atom. The highest BCUT2D eigenvalue weighted by Gasteiger charge is 2.18. The molecular weight excluding hydrogens is 274 g/mol. The molecular formula is C14H21N3O2S. The summed E-state index contributed by atoms with van der Waals surface area (Å²) in [5.41, 5.74) is 1.18. The van der Waals surface area contributed by atoms with E-state index in [1.165, 1.54) is 29.8 Å². The Morgan fingerprint density at radius 3 is 3.05 bits per heavy atom. The predicted molar refractivity (Wildman–Crippen MR) is 79.4 cm³/mol. The maximum atomic E-state index is 11.8. The Bertz CT molecular complexity index is 445. The average Bonchev–Trinajstić information content (AvgIpc) is 3.03. The first-order valence-corrected chi connectivity index (χ1v) is 8.28. The largest absolute Gasteiger partial charge is 0.376 e. The molecule has 1 fully saturated rings. The van der Waals surface area contributed by atoms with Crippen LogP contribution in [0.2, 0.25) is 0 Å². The lowest BCUT2D eigenvalue weighted by Crippen LogP contribution is -2.35. The number of rotatable bonds is 3. The van der Waals surface area contributed by atoms with Crippen LogP contribution in [-0.2, 0) is 17.6 Å². The number of anilines is 1. The van der Waals surface area contributed by atoms with E-state index in [1.54, 1.807) is 11.3 Å². The summed E-state index contributed by atoms with van der Waals surface area (Å²) in [6, 6.07) is -0.176. The Morgan fingerprint density at radius 1 is 1.30 bits per heavy atom. The molecule has 3 rings (SSSR count). The van der Waals surface area contributed by atoms with Crippen LogP contribution in [0.1, 0.15) is 42.7 Å². The van der Waals surface area contributed by atoms with E-state index < -0.39 is 0 Å².